The van der Waals surface area contributed by atoms with Crippen LogP contribution < -0.4 is 30.1 Å². The van der Waals surface area contributed by atoms with Crippen LogP contribution in [0, 0.1) is 17.8 Å². The molecule has 3 aliphatic heterocycles. The Bertz CT molecular complexity index is 2220. The molecule has 4 amide bonds. The van der Waals surface area contributed by atoms with Gasteiger partial charge in [0.1, 0.15) is 47.9 Å². The van der Waals surface area contributed by atoms with Gasteiger partial charge in [-0.3, -0.25) is 19.1 Å². The maximum atomic E-state index is 15.4. The Morgan fingerprint density at radius 3 is 2.48 bits per heavy atom. The fourth-order valence-electron chi connectivity index (χ4n) is 9.89. The van der Waals surface area contributed by atoms with Gasteiger partial charge in [-0.1, -0.05) is 57.2 Å². The Labute approximate surface area is 375 Å². The zero-order valence-corrected chi connectivity index (χ0v) is 38.2. The van der Waals surface area contributed by atoms with Gasteiger partial charge in [0, 0.05) is 24.3 Å². The molecule has 9 atom stereocenters. The second-order valence-electron chi connectivity index (χ2n) is 19.5. The molecule has 1 aromatic carbocycles. The number of sulfonamides is 1. The highest BCUT2D eigenvalue weighted by Crippen LogP contribution is 2.43. The lowest BCUT2D eigenvalue weighted by Gasteiger charge is -2.37. The number of para-hydroxylation sites is 1. The summed E-state index contributed by atoms with van der Waals surface area (Å²) in [5.41, 5.74) is -0.533. The zero-order chi connectivity index (χ0) is 45.4. The second kappa shape index (κ2) is 18.8. The number of fused-ring (bicyclic) bond motifs is 5. The number of carbonyl (C=O) groups excluding carboxylic acids is 4. The van der Waals surface area contributed by atoms with Crippen LogP contribution in [0.4, 0.5) is 9.18 Å². The van der Waals surface area contributed by atoms with E-state index in [-0.39, 0.29) is 43.3 Å². The number of halogens is 1. The van der Waals surface area contributed by atoms with E-state index in [4.69, 9.17) is 19.2 Å². The van der Waals surface area contributed by atoms with Crippen LogP contribution in [0.2, 0.25) is 0 Å². The molecule has 0 spiro atoms. The number of aromatic nitrogens is 1. The summed E-state index contributed by atoms with van der Waals surface area (Å²) in [6.07, 6.45) is 7.87. The summed E-state index contributed by atoms with van der Waals surface area (Å²) in [6.45, 7) is 9.23. The summed E-state index contributed by atoms with van der Waals surface area (Å²) >= 11 is 0. The van der Waals surface area contributed by atoms with E-state index in [0.717, 1.165) is 56.8 Å². The largest absolute Gasteiger partial charge is 0.486 e. The number of piperidine rings is 1. The minimum absolute atomic E-state index is 0.0231. The maximum Gasteiger partial charge on any atom is 0.408 e. The molecule has 350 valence electrons. The van der Waals surface area contributed by atoms with Crippen LogP contribution in [0.1, 0.15) is 116 Å². The van der Waals surface area contributed by atoms with Crippen LogP contribution >= 0.6 is 0 Å². The number of pyridine rings is 1. The number of benzene rings is 1. The quantitative estimate of drug-likeness (QED) is 0.219. The summed E-state index contributed by atoms with van der Waals surface area (Å²) in [7, 11) is -4.08. The average molecular weight is 909 g/mol. The van der Waals surface area contributed by atoms with Crippen LogP contribution in [-0.2, 0) is 35.6 Å². The van der Waals surface area contributed by atoms with E-state index in [2.05, 4.69) is 27.3 Å². The molecule has 1 aromatic heterocycles. The van der Waals surface area contributed by atoms with Gasteiger partial charge in [0.05, 0.1) is 22.4 Å². The molecule has 4 heterocycles. The number of nitrogens with one attached hydrogen (secondary N) is 4. The van der Waals surface area contributed by atoms with Crippen molar-refractivity contribution in [1.29, 1.82) is 0 Å². The third kappa shape index (κ3) is 9.70. The number of rotatable bonds is 10. The van der Waals surface area contributed by atoms with E-state index < -0.39 is 80.5 Å². The van der Waals surface area contributed by atoms with Crippen LogP contribution in [0.5, 0.6) is 11.6 Å². The van der Waals surface area contributed by atoms with Gasteiger partial charge in [-0.2, -0.15) is 0 Å². The van der Waals surface area contributed by atoms with Gasteiger partial charge in [0.2, 0.25) is 27.7 Å². The van der Waals surface area contributed by atoms with Gasteiger partial charge in [0.15, 0.2) is 0 Å². The van der Waals surface area contributed by atoms with Gasteiger partial charge < -0.3 is 35.1 Å². The molecule has 15 nitrogen and oxygen atoms in total. The molecule has 3 aliphatic carbocycles. The van der Waals surface area contributed by atoms with E-state index in [1.807, 2.05) is 24.3 Å². The summed E-state index contributed by atoms with van der Waals surface area (Å²) in [4.78, 5) is 64.1. The smallest absolute Gasteiger partial charge is 0.408 e. The highest BCUT2D eigenvalue weighted by atomic mass is 32.2. The van der Waals surface area contributed by atoms with Gasteiger partial charge in [-0.25, -0.2) is 22.6 Å². The summed E-state index contributed by atoms with van der Waals surface area (Å²) in [5.74, 6) is -2.07. The van der Waals surface area contributed by atoms with Crippen LogP contribution in [-0.4, -0.2) is 109 Å². The van der Waals surface area contributed by atoms with Gasteiger partial charge in [0.25, 0.3) is 5.91 Å². The van der Waals surface area contributed by atoms with E-state index in [9.17, 15) is 22.8 Å². The Morgan fingerprint density at radius 2 is 1.77 bits per heavy atom. The number of amides is 4. The monoisotopic (exact) mass is 908 g/mol. The number of alkyl carbamates (subject to hydrolysis) is 1. The number of alkyl halides is 1. The number of ether oxygens (including phenoxy) is 3. The van der Waals surface area contributed by atoms with Crippen molar-refractivity contribution in [2.75, 3.05) is 19.6 Å². The Hall–Kier alpha value is -4.51. The molecule has 2 aromatic rings. The molecule has 0 radical (unpaired) electrons. The number of carbonyl (C=O) groups is 4. The molecule has 5 fully saturated rings. The first-order valence-corrected chi connectivity index (χ1v) is 25.0. The average Bonchev–Trinajstić information content (AvgIpc) is 4.18. The molecule has 6 aliphatic rings. The Kier molecular flexibility index (Phi) is 13.5. The van der Waals surface area contributed by atoms with Gasteiger partial charge >= 0.3 is 6.09 Å². The molecule has 3 saturated carbocycles. The van der Waals surface area contributed by atoms with Crippen molar-refractivity contribution < 1.29 is 46.2 Å². The van der Waals surface area contributed by atoms with Crippen molar-refractivity contribution in [1.82, 2.24) is 30.6 Å². The number of hydrogen-bond donors (Lipinski definition) is 4. The highest BCUT2D eigenvalue weighted by Gasteiger charge is 2.54. The minimum atomic E-state index is -4.08. The first-order chi connectivity index (χ1) is 30.6. The second-order valence-corrected chi connectivity index (χ2v) is 21.7. The molecule has 64 heavy (non-hydrogen) atoms. The predicted octanol–water partition coefficient (Wildman–Crippen LogP) is 5.54. The summed E-state index contributed by atoms with van der Waals surface area (Å²) < 4.78 is 62.5. The SMILES string of the molecule is C=CC(C)C(C)(NC(=O)C1CC2CN1C(=O)C(C1CCCCC1)NC(=O)OC1CC1CCCCCc1c(nc3ccccc3c1OC1CCNCC1F)O2)C(=O)NS(=O)(=O)C1(C)CC1. The lowest BCUT2D eigenvalue weighted by atomic mass is 9.83. The first kappa shape index (κ1) is 46.0. The lowest BCUT2D eigenvalue weighted by Crippen LogP contribution is -2.64. The van der Waals surface area contributed by atoms with Crippen molar-refractivity contribution in [3.8, 4) is 11.6 Å². The molecule has 8 rings (SSSR count). The lowest BCUT2D eigenvalue weighted by molar-refractivity contribution is -0.143. The third-order valence-electron chi connectivity index (χ3n) is 14.9. The Balaban J connectivity index is 1.17. The molecular weight excluding hydrogens is 844 g/mol. The summed E-state index contributed by atoms with van der Waals surface area (Å²) in [6, 6.07) is 5.29. The summed E-state index contributed by atoms with van der Waals surface area (Å²) in [5, 5.41) is 9.61. The fourth-order valence-corrected chi connectivity index (χ4v) is 11.2. The normalized spacial score (nSPS) is 30.3. The van der Waals surface area contributed by atoms with Crippen molar-refractivity contribution in [2.24, 2.45) is 17.8 Å². The van der Waals surface area contributed by atoms with E-state index in [0.29, 0.717) is 61.9 Å². The Morgan fingerprint density at radius 1 is 1.05 bits per heavy atom. The van der Waals surface area contributed by atoms with Crippen LogP contribution in [0.3, 0.4) is 0 Å². The molecule has 2 bridgehead atoms. The van der Waals surface area contributed by atoms with E-state index in [1.54, 1.807) is 13.8 Å². The van der Waals surface area contributed by atoms with Crippen molar-refractivity contribution >= 4 is 44.7 Å². The van der Waals surface area contributed by atoms with Crippen LogP contribution in [0.15, 0.2) is 36.9 Å². The molecule has 17 heteroatoms. The van der Waals surface area contributed by atoms with Crippen molar-refractivity contribution in [3.63, 3.8) is 0 Å². The fraction of sp³-hybridized carbons (Fsp3) is 0.681. The molecule has 4 N–H and O–H groups in total. The number of nitrogens with zero attached hydrogens (tertiary/aromatic N) is 2. The van der Waals surface area contributed by atoms with Gasteiger partial charge in [-0.05, 0) is 102 Å². The number of hydrogen-bond acceptors (Lipinski definition) is 11. The maximum absolute atomic E-state index is 15.4. The van der Waals surface area contributed by atoms with E-state index >= 15 is 9.18 Å². The van der Waals surface area contributed by atoms with Crippen molar-refractivity contribution in [3.05, 3.63) is 42.5 Å². The minimum Gasteiger partial charge on any atom is -0.486 e. The zero-order valence-electron chi connectivity index (χ0n) is 37.4. The van der Waals surface area contributed by atoms with Crippen molar-refractivity contribution in [2.45, 2.75) is 164 Å². The first-order valence-electron chi connectivity index (χ1n) is 23.5. The molecule has 9 unspecified atom stereocenters. The standard InChI is InChI=1S/C47H65FN6O9S/c1-5-28(2)47(4,44(57)53-64(59,60)46(3)21-22-46)52-41(55)36-25-31-27-54(36)43(56)39(29-14-8-6-9-15-29)51-45(58)63-38-24-30(38)16-10-7-11-18-33-40(62-37-20-23-49-26-34(37)48)32-17-12-13-19-35(32)50-42(33)61-31/h5,12-13,17,19,28-31,34,36-39,49H,1,6-11,14-16,18,20-27H2,2-4H3,(H,51,58)(H,52,55)(H,53,57). The van der Waals surface area contributed by atoms with Gasteiger partial charge in [-0.15, -0.1) is 6.58 Å². The van der Waals surface area contributed by atoms with E-state index in [1.165, 1.54) is 17.9 Å². The third-order valence-corrected chi connectivity index (χ3v) is 17.0. The van der Waals surface area contributed by atoms with Crippen LogP contribution in [0.25, 0.3) is 10.9 Å². The molecule has 2 saturated heterocycles. The predicted molar refractivity (Wildman–Crippen MR) is 238 cm³/mol. The molecular formula is C47H65FN6O9S. The highest BCUT2D eigenvalue weighted by molar-refractivity contribution is 7.91. The topological polar surface area (TPSA) is 194 Å².